The molecular formula is C20H13ClFN3O3. The lowest BCUT2D eigenvalue weighted by molar-refractivity contribution is -0.118. The Morgan fingerprint density at radius 1 is 1.21 bits per heavy atom. The smallest absolute Gasteiger partial charge is 0.262 e. The molecule has 0 bridgehead atoms. The second kappa shape index (κ2) is 7.66. The van der Waals surface area contributed by atoms with Crippen LogP contribution in [0.4, 0.5) is 10.1 Å². The molecule has 2 aromatic carbocycles. The van der Waals surface area contributed by atoms with Crippen LogP contribution in [0.25, 0.3) is 22.6 Å². The Morgan fingerprint density at radius 3 is 2.89 bits per heavy atom. The molecule has 0 aliphatic carbocycles. The summed E-state index contributed by atoms with van der Waals surface area (Å²) in [6.07, 6.45) is 3.19. The highest BCUT2D eigenvalue weighted by Gasteiger charge is 2.14. The maximum atomic E-state index is 13.5. The summed E-state index contributed by atoms with van der Waals surface area (Å²) in [5.74, 6) is -0.658. The van der Waals surface area contributed by atoms with Crippen LogP contribution < -0.4 is 10.1 Å². The zero-order valence-electron chi connectivity index (χ0n) is 14.4. The summed E-state index contributed by atoms with van der Waals surface area (Å²) in [7, 11) is 0. The van der Waals surface area contributed by atoms with Gasteiger partial charge in [-0.2, -0.15) is 0 Å². The maximum absolute atomic E-state index is 13.5. The van der Waals surface area contributed by atoms with Crippen molar-refractivity contribution in [3.63, 3.8) is 0 Å². The Labute approximate surface area is 163 Å². The van der Waals surface area contributed by atoms with Gasteiger partial charge in [0, 0.05) is 18.0 Å². The Hall–Kier alpha value is -3.45. The van der Waals surface area contributed by atoms with Crippen molar-refractivity contribution in [2.75, 3.05) is 11.9 Å². The lowest BCUT2D eigenvalue weighted by atomic mass is 10.2. The second-order valence-corrected chi connectivity index (χ2v) is 6.23. The van der Waals surface area contributed by atoms with E-state index in [1.54, 1.807) is 48.8 Å². The van der Waals surface area contributed by atoms with Gasteiger partial charge in [-0.3, -0.25) is 9.78 Å². The van der Waals surface area contributed by atoms with Crippen molar-refractivity contribution in [2.24, 2.45) is 0 Å². The van der Waals surface area contributed by atoms with E-state index in [1.807, 2.05) is 0 Å². The van der Waals surface area contributed by atoms with Crippen molar-refractivity contribution in [3.8, 4) is 17.2 Å². The number of anilines is 1. The number of ether oxygens (including phenoxy) is 1. The number of halogens is 2. The van der Waals surface area contributed by atoms with Gasteiger partial charge in [-0.25, -0.2) is 9.37 Å². The van der Waals surface area contributed by atoms with Crippen LogP contribution in [0, 0.1) is 5.82 Å². The molecule has 0 atom stereocenters. The van der Waals surface area contributed by atoms with E-state index in [2.05, 4.69) is 15.3 Å². The molecule has 140 valence electrons. The fourth-order valence-electron chi connectivity index (χ4n) is 2.56. The first-order valence-corrected chi connectivity index (χ1v) is 8.65. The first-order chi connectivity index (χ1) is 13.6. The minimum atomic E-state index is -0.533. The highest BCUT2D eigenvalue weighted by molar-refractivity contribution is 6.33. The standard InChI is InChI=1S/C20H13ClFN3O3/c21-14-6-5-12(24-19(26)11-27-17-4-2-1-3-15(17)22)9-13(14)20-25-16-10-23-8-7-18(16)28-20/h1-10H,11H2,(H,24,26). The van der Waals surface area contributed by atoms with Crippen LogP contribution in [-0.2, 0) is 4.79 Å². The van der Waals surface area contributed by atoms with Crippen LogP contribution in [0.5, 0.6) is 5.75 Å². The summed E-state index contributed by atoms with van der Waals surface area (Å²) in [5, 5.41) is 3.09. The summed E-state index contributed by atoms with van der Waals surface area (Å²) in [4.78, 5) is 20.5. The van der Waals surface area contributed by atoms with Crippen LogP contribution >= 0.6 is 11.6 Å². The Morgan fingerprint density at radius 2 is 2.07 bits per heavy atom. The SMILES string of the molecule is O=C(COc1ccccc1F)Nc1ccc(Cl)c(-c2nc3cnccc3o2)c1. The average molecular weight is 398 g/mol. The van der Waals surface area contributed by atoms with E-state index >= 15 is 0 Å². The molecule has 2 heterocycles. The molecule has 0 spiro atoms. The molecule has 1 N–H and O–H groups in total. The number of benzene rings is 2. The molecule has 0 saturated carbocycles. The zero-order valence-corrected chi connectivity index (χ0v) is 15.1. The van der Waals surface area contributed by atoms with Crippen LogP contribution in [0.1, 0.15) is 0 Å². The molecule has 4 aromatic rings. The van der Waals surface area contributed by atoms with E-state index in [-0.39, 0.29) is 12.4 Å². The third-order valence-corrected chi connectivity index (χ3v) is 4.20. The number of hydrogen-bond donors (Lipinski definition) is 1. The van der Waals surface area contributed by atoms with Gasteiger partial charge in [0.25, 0.3) is 5.91 Å². The van der Waals surface area contributed by atoms with Crippen LogP contribution in [0.3, 0.4) is 0 Å². The number of nitrogens with one attached hydrogen (secondary N) is 1. The third-order valence-electron chi connectivity index (χ3n) is 3.87. The van der Waals surface area contributed by atoms with Gasteiger partial charge in [0.2, 0.25) is 5.89 Å². The van der Waals surface area contributed by atoms with Gasteiger partial charge in [-0.05, 0) is 30.3 Å². The average Bonchev–Trinajstić information content (AvgIpc) is 3.13. The number of aromatic nitrogens is 2. The van der Waals surface area contributed by atoms with Crippen molar-refractivity contribution in [3.05, 3.63) is 71.8 Å². The van der Waals surface area contributed by atoms with E-state index in [4.69, 9.17) is 20.8 Å². The molecular weight excluding hydrogens is 385 g/mol. The van der Waals surface area contributed by atoms with Crippen molar-refractivity contribution in [2.45, 2.75) is 0 Å². The molecule has 0 radical (unpaired) electrons. The fraction of sp³-hybridized carbons (Fsp3) is 0.0500. The van der Waals surface area contributed by atoms with Gasteiger partial charge in [-0.1, -0.05) is 23.7 Å². The number of fused-ring (bicyclic) bond motifs is 1. The molecule has 0 fully saturated rings. The highest BCUT2D eigenvalue weighted by atomic mass is 35.5. The van der Waals surface area contributed by atoms with Crippen molar-refractivity contribution < 1.29 is 18.3 Å². The number of amides is 1. The maximum Gasteiger partial charge on any atom is 0.262 e. The van der Waals surface area contributed by atoms with E-state index in [0.29, 0.717) is 33.3 Å². The van der Waals surface area contributed by atoms with Crippen molar-refractivity contribution >= 4 is 34.3 Å². The number of carbonyl (C=O) groups excluding carboxylic acids is 1. The number of oxazole rings is 1. The lowest BCUT2D eigenvalue weighted by Crippen LogP contribution is -2.20. The molecule has 8 heteroatoms. The molecule has 28 heavy (non-hydrogen) atoms. The predicted molar refractivity (Wildman–Crippen MR) is 103 cm³/mol. The lowest BCUT2D eigenvalue weighted by Gasteiger charge is -2.09. The zero-order chi connectivity index (χ0) is 19.5. The number of hydrogen-bond acceptors (Lipinski definition) is 5. The van der Waals surface area contributed by atoms with Gasteiger partial charge in [0.1, 0.15) is 5.52 Å². The van der Waals surface area contributed by atoms with Crippen LogP contribution in [0.2, 0.25) is 5.02 Å². The molecule has 0 aliphatic heterocycles. The van der Waals surface area contributed by atoms with E-state index in [1.165, 1.54) is 12.1 Å². The third kappa shape index (κ3) is 3.79. The number of para-hydroxylation sites is 1. The Kier molecular flexibility index (Phi) is 4.90. The fourth-order valence-corrected chi connectivity index (χ4v) is 2.76. The Balaban J connectivity index is 1.50. The minimum absolute atomic E-state index is 0.00882. The summed E-state index contributed by atoms with van der Waals surface area (Å²) >= 11 is 6.26. The molecule has 2 aromatic heterocycles. The molecule has 0 saturated heterocycles. The van der Waals surface area contributed by atoms with E-state index in [0.717, 1.165) is 0 Å². The van der Waals surface area contributed by atoms with Crippen molar-refractivity contribution in [1.82, 2.24) is 9.97 Å². The minimum Gasteiger partial charge on any atom is -0.481 e. The normalized spacial score (nSPS) is 10.8. The first kappa shape index (κ1) is 17.9. The monoisotopic (exact) mass is 397 g/mol. The number of nitrogens with zero attached hydrogens (tertiary/aromatic N) is 2. The van der Waals surface area contributed by atoms with Gasteiger partial charge in [0.15, 0.2) is 23.8 Å². The molecule has 6 nitrogen and oxygen atoms in total. The largest absolute Gasteiger partial charge is 0.481 e. The number of pyridine rings is 1. The molecule has 0 aliphatic rings. The van der Waals surface area contributed by atoms with Gasteiger partial charge in [-0.15, -0.1) is 0 Å². The number of rotatable bonds is 5. The van der Waals surface area contributed by atoms with Gasteiger partial charge in [0.05, 0.1) is 16.8 Å². The summed E-state index contributed by atoms with van der Waals surface area (Å²) in [6.45, 7) is -0.340. The topological polar surface area (TPSA) is 77.2 Å². The van der Waals surface area contributed by atoms with E-state index in [9.17, 15) is 9.18 Å². The first-order valence-electron chi connectivity index (χ1n) is 8.28. The van der Waals surface area contributed by atoms with Gasteiger partial charge >= 0.3 is 0 Å². The number of carbonyl (C=O) groups is 1. The quantitative estimate of drug-likeness (QED) is 0.528. The summed E-state index contributed by atoms with van der Waals surface area (Å²) < 4.78 is 24.4. The molecule has 1 amide bonds. The summed E-state index contributed by atoms with van der Waals surface area (Å²) in [5.41, 5.74) is 2.17. The molecule has 0 unspecified atom stereocenters. The van der Waals surface area contributed by atoms with Crippen LogP contribution in [0.15, 0.2) is 65.3 Å². The van der Waals surface area contributed by atoms with E-state index < -0.39 is 11.7 Å². The van der Waals surface area contributed by atoms with Gasteiger partial charge < -0.3 is 14.5 Å². The second-order valence-electron chi connectivity index (χ2n) is 5.82. The summed E-state index contributed by atoms with van der Waals surface area (Å²) in [6, 6.07) is 12.5. The van der Waals surface area contributed by atoms with Crippen molar-refractivity contribution in [1.29, 1.82) is 0 Å². The highest BCUT2D eigenvalue weighted by Crippen LogP contribution is 2.32. The predicted octanol–water partition coefficient (Wildman–Crippen LogP) is 4.70. The molecule has 4 rings (SSSR count). The van der Waals surface area contributed by atoms with Crippen LogP contribution in [-0.4, -0.2) is 22.5 Å². The Bertz CT molecular complexity index is 1130.